The fraction of sp³-hybridized carbons (Fsp3) is 0.250. The molecule has 11 heteroatoms. The Balaban J connectivity index is 1.41. The van der Waals surface area contributed by atoms with Crippen LogP contribution in [0.5, 0.6) is 5.75 Å². The van der Waals surface area contributed by atoms with Crippen molar-refractivity contribution >= 4 is 46.3 Å². The number of carbonyl (C=O) groups excluding carboxylic acids is 3. The maximum atomic E-state index is 14.1. The fourth-order valence-electron chi connectivity index (χ4n) is 3.91. The predicted octanol–water partition coefficient (Wildman–Crippen LogP) is 4.32. The van der Waals surface area contributed by atoms with Crippen molar-refractivity contribution in [2.24, 2.45) is 5.73 Å². The summed E-state index contributed by atoms with van der Waals surface area (Å²) in [6, 6.07) is 8.67. The van der Waals surface area contributed by atoms with Crippen molar-refractivity contribution in [3.63, 3.8) is 0 Å². The molecule has 0 unspecified atom stereocenters. The van der Waals surface area contributed by atoms with Crippen LogP contribution in [0.15, 0.2) is 41.8 Å². The van der Waals surface area contributed by atoms with Crippen LogP contribution < -0.4 is 15.8 Å². The summed E-state index contributed by atoms with van der Waals surface area (Å²) in [6.45, 7) is 0.846. The van der Waals surface area contributed by atoms with Crippen molar-refractivity contribution < 1.29 is 23.5 Å². The Morgan fingerprint density at radius 2 is 1.97 bits per heavy atom. The highest BCUT2D eigenvalue weighted by Crippen LogP contribution is 2.32. The molecule has 0 bridgehead atoms. The molecule has 1 aliphatic heterocycles. The summed E-state index contributed by atoms with van der Waals surface area (Å²) in [5.41, 5.74) is 5.98. The number of nitrogens with one attached hydrogen (secondary N) is 1. The molecule has 3 aromatic rings. The predicted molar refractivity (Wildman–Crippen MR) is 131 cm³/mol. The minimum absolute atomic E-state index is 0.0643. The molecule has 1 aliphatic rings. The zero-order valence-electron chi connectivity index (χ0n) is 18.7. The smallest absolute Gasteiger partial charge is 0.275 e. The van der Waals surface area contributed by atoms with E-state index >= 15 is 0 Å². The maximum absolute atomic E-state index is 14.1. The van der Waals surface area contributed by atoms with E-state index in [2.05, 4.69) is 10.3 Å². The molecule has 0 radical (unpaired) electrons. The second-order valence-corrected chi connectivity index (χ2v) is 9.26. The first-order valence-electron chi connectivity index (χ1n) is 10.8. The molecule has 35 heavy (non-hydrogen) atoms. The average Bonchev–Trinajstić information content (AvgIpc) is 3.34. The van der Waals surface area contributed by atoms with Gasteiger partial charge in [0.15, 0.2) is 0 Å². The second-order valence-electron chi connectivity index (χ2n) is 7.97. The van der Waals surface area contributed by atoms with E-state index < -0.39 is 23.5 Å². The normalized spacial score (nSPS) is 14.0. The monoisotopic (exact) mass is 516 g/mol. The van der Waals surface area contributed by atoms with Gasteiger partial charge in [-0.1, -0.05) is 17.7 Å². The summed E-state index contributed by atoms with van der Waals surface area (Å²) >= 11 is 7.40. The van der Waals surface area contributed by atoms with Crippen LogP contribution >= 0.6 is 22.9 Å². The third-order valence-electron chi connectivity index (χ3n) is 5.79. The summed E-state index contributed by atoms with van der Waals surface area (Å²) in [5, 5.41) is 5.24. The summed E-state index contributed by atoms with van der Waals surface area (Å²) in [4.78, 5) is 43.1. The van der Waals surface area contributed by atoms with E-state index in [-0.39, 0.29) is 27.8 Å². The van der Waals surface area contributed by atoms with E-state index in [4.69, 9.17) is 22.1 Å². The van der Waals surface area contributed by atoms with Crippen LogP contribution in [0.2, 0.25) is 5.02 Å². The molecule has 1 fully saturated rings. The van der Waals surface area contributed by atoms with Crippen LogP contribution in [-0.4, -0.2) is 47.8 Å². The van der Waals surface area contributed by atoms with Crippen LogP contribution in [-0.2, 0) is 0 Å². The molecule has 0 atom stereocenters. The summed E-state index contributed by atoms with van der Waals surface area (Å²) < 4.78 is 19.4. The molecule has 2 aromatic carbocycles. The van der Waals surface area contributed by atoms with E-state index in [1.54, 1.807) is 16.3 Å². The number of halogens is 2. The molecule has 182 valence electrons. The van der Waals surface area contributed by atoms with Crippen molar-refractivity contribution in [2.45, 2.75) is 18.8 Å². The van der Waals surface area contributed by atoms with Crippen molar-refractivity contribution in [3.05, 3.63) is 74.4 Å². The topological polar surface area (TPSA) is 115 Å². The highest BCUT2D eigenvalue weighted by Gasteiger charge is 2.29. The highest BCUT2D eigenvalue weighted by molar-refractivity contribution is 7.10. The molecule has 1 saturated heterocycles. The largest absolute Gasteiger partial charge is 0.495 e. The number of hydrogen-bond donors (Lipinski definition) is 2. The second kappa shape index (κ2) is 10.4. The number of ether oxygens (including phenoxy) is 1. The first-order valence-corrected chi connectivity index (χ1v) is 12.0. The fourth-order valence-corrected chi connectivity index (χ4v) is 5.13. The average molecular weight is 517 g/mol. The number of rotatable bonds is 6. The van der Waals surface area contributed by atoms with Gasteiger partial charge in [-0.05, 0) is 43.2 Å². The third kappa shape index (κ3) is 5.28. The quantitative estimate of drug-likeness (QED) is 0.506. The van der Waals surface area contributed by atoms with Crippen molar-refractivity contribution in [1.82, 2.24) is 9.88 Å². The Morgan fingerprint density at radius 3 is 2.63 bits per heavy atom. The van der Waals surface area contributed by atoms with Gasteiger partial charge in [0.1, 0.15) is 17.3 Å². The standard InChI is InChI=1S/C24H22ClFN4O4S/c1-34-19-6-5-14(21(27)31)11-17(19)28-22(32)18-12-35-23(29-18)13-7-9-30(10-8-13)24(33)20-15(25)3-2-4-16(20)26/h2-6,11-13H,7-10H2,1H3,(H2,27,31)(H,28,32). The highest BCUT2D eigenvalue weighted by atomic mass is 35.5. The number of anilines is 1. The Morgan fingerprint density at radius 1 is 1.23 bits per heavy atom. The van der Waals surface area contributed by atoms with Crippen LogP contribution in [0, 0.1) is 5.82 Å². The zero-order valence-corrected chi connectivity index (χ0v) is 20.3. The number of benzene rings is 2. The molecular formula is C24H22ClFN4O4S. The third-order valence-corrected chi connectivity index (χ3v) is 7.12. The molecule has 3 N–H and O–H groups in total. The molecule has 4 rings (SSSR count). The van der Waals surface area contributed by atoms with Crippen LogP contribution in [0.4, 0.5) is 10.1 Å². The van der Waals surface area contributed by atoms with Gasteiger partial charge >= 0.3 is 0 Å². The van der Waals surface area contributed by atoms with Crippen molar-refractivity contribution in [1.29, 1.82) is 0 Å². The Bertz CT molecular complexity index is 1270. The molecule has 1 aromatic heterocycles. The van der Waals surface area contributed by atoms with E-state index in [1.165, 1.54) is 48.8 Å². The molecule has 0 saturated carbocycles. The summed E-state index contributed by atoms with van der Waals surface area (Å²) in [7, 11) is 1.45. The van der Waals surface area contributed by atoms with Gasteiger partial charge in [-0.15, -0.1) is 11.3 Å². The minimum Gasteiger partial charge on any atom is -0.495 e. The van der Waals surface area contributed by atoms with E-state index in [0.717, 1.165) is 5.01 Å². The Kier molecular flexibility index (Phi) is 7.32. The lowest BCUT2D eigenvalue weighted by Gasteiger charge is -2.31. The number of nitrogens with two attached hydrogens (primary N) is 1. The number of nitrogens with zero attached hydrogens (tertiary/aromatic N) is 2. The number of methoxy groups -OCH3 is 1. The molecule has 0 aliphatic carbocycles. The van der Waals surface area contributed by atoms with Gasteiger partial charge in [0.25, 0.3) is 11.8 Å². The number of amides is 3. The first-order chi connectivity index (χ1) is 16.8. The van der Waals surface area contributed by atoms with Gasteiger partial charge < -0.3 is 20.7 Å². The lowest BCUT2D eigenvalue weighted by atomic mass is 9.97. The Hall–Kier alpha value is -3.50. The van der Waals surface area contributed by atoms with Gasteiger partial charge in [0.05, 0.1) is 28.4 Å². The van der Waals surface area contributed by atoms with Gasteiger partial charge in [-0.25, -0.2) is 9.37 Å². The molecule has 0 spiro atoms. The summed E-state index contributed by atoms with van der Waals surface area (Å²) in [6.07, 6.45) is 1.25. The first kappa shape index (κ1) is 24.6. The number of piperidine rings is 1. The number of carbonyl (C=O) groups is 3. The number of likely N-dealkylation sites (tertiary alicyclic amines) is 1. The van der Waals surface area contributed by atoms with Gasteiger partial charge in [-0.2, -0.15) is 0 Å². The van der Waals surface area contributed by atoms with Gasteiger partial charge in [0, 0.05) is 30.0 Å². The number of hydrogen-bond acceptors (Lipinski definition) is 6. The molecular weight excluding hydrogens is 495 g/mol. The molecule has 3 amide bonds. The van der Waals surface area contributed by atoms with E-state index in [9.17, 15) is 18.8 Å². The minimum atomic E-state index is -0.641. The van der Waals surface area contributed by atoms with Gasteiger partial charge in [0.2, 0.25) is 5.91 Å². The summed E-state index contributed by atoms with van der Waals surface area (Å²) in [5.74, 6) is -1.70. The lowest BCUT2D eigenvalue weighted by molar-refractivity contribution is 0.0708. The van der Waals surface area contributed by atoms with Crippen molar-refractivity contribution in [2.75, 3.05) is 25.5 Å². The Labute approximate surface area is 209 Å². The van der Waals surface area contributed by atoms with Crippen LogP contribution in [0.25, 0.3) is 0 Å². The maximum Gasteiger partial charge on any atom is 0.275 e. The number of aromatic nitrogens is 1. The van der Waals surface area contributed by atoms with Crippen LogP contribution in [0.3, 0.4) is 0 Å². The van der Waals surface area contributed by atoms with E-state index in [1.807, 2.05) is 0 Å². The van der Waals surface area contributed by atoms with Crippen molar-refractivity contribution in [3.8, 4) is 5.75 Å². The van der Waals surface area contributed by atoms with E-state index in [0.29, 0.717) is 37.4 Å². The van der Waals surface area contributed by atoms with Crippen LogP contribution in [0.1, 0.15) is 55.0 Å². The SMILES string of the molecule is COc1ccc(C(N)=O)cc1NC(=O)c1csc(C2CCN(C(=O)c3c(F)cccc3Cl)CC2)n1. The number of thiazole rings is 1. The molecule has 8 nitrogen and oxygen atoms in total. The molecule has 2 heterocycles. The lowest BCUT2D eigenvalue weighted by Crippen LogP contribution is -2.38. The number of primary amides is 1. The zero-order chi connectivity index (χ0) is 25.1. The van der Waals surface area contributed by atoms with Gasteiger partial charge in [-0.3, -0.25) is 14.4 Å².